The van der Waals surface area contributed by atoms with E-state index in [1.807, 2.05) is 13.0 Å². The molecule has 0 amide bonds. The molecule has 0 radical (unpaired) electrons. The minimum Gasteiger partial charge on any atom is -0.472 e. The van der Waals surface area contributed by atoms with Crippen LogP contribution < -0.4 is 0 Å². The average Bonchev–Trinajstić information content (AvgIpc) is 2.90. The van der Waals surface area contributed by atoms with E-state index in [0.29, 0.717) is 0 Å². The van der Waals surface area contributed by atoms with Crippen LogP contribution in [-0.2, 0) is 13.0 Å². The zero-order valence-electron chi connectivity index (χ0n) is 8.97. The number of fused-ring (bicyclic) bond motifs is 1. The summed E-state index contributed by atoms with van der Waals surface area (Å²) in [5.74, 6) is 0. The van der Waals surface area contributed by atoms with Gasteiger partial charge in [-0.2, -0.15) is 10.2 Å². The fraction of sp³-hybridized carbons (Fsp3) is 0.250. The Kier molecular flexibility index (Phi) is 2.06. The molecule has 1 aliphatic heterocycles. The highest BCUT2D eigenvalue weighted by molar-refractivity contribution is 6.01. The van der Waals surface area contributed by atoms with Crippen LogP contribution in [0.3, 0.4) is 0 Å². The summed E-state index contributed by atoms with van der Waals surface area (Å²) in [5.41, 5.74) is 5.51. The first kappa shape index (κ1) is 9.27. The molecule has 0 aromatic carbocycles. The quantitative estimate of drug-likeness (QED) is 0.766. The highest BCUT2D eigenvalue weighted by Crippen LogP contribution is 2.22. The normalized spacial score (nSPS) is 13.7. The molecular formula is C12H11N3O. The topological polar surface area (TPSA) is 51.3 Å². The summed E-state index contributed by atoms with van der Waals surface area (Å²) in [5, 5.41) is 8.22. The van der Waals surface area contributed by atoms with Crippen molar-refractivity contribution in [3.63, 3.8) is 0 Å². The lowest BCUT2D eigenvalue weighted by atomic mass is 10.0. The molecule has 4 heteroatoms. The highest BCUT2D eigenvalue weighted by atomic mass is 16.3. The average molecular weight is 213 g/mol. The van der Waals surface area contributed by atoms with Crippen molar-refractivity contribution >= 4 is 5.71 Å². The van der Waals surface area contributed by atoms with Gasteiger partial charge in [-0.1, -0.05) is 0 Å². The SMILES string of the molecule is CC1=NCc2c1cnnc2Cc1ccoc1. The minimum absolute atomic E-state index is 0.726. The fourth-order valence-corrected chi connectivity index (χ4v) is 1.95. The molecule has 80 valence electrons. The highest BCUT2D eigenvalue weighted by Gasteiger charge is 2.17. The number of rotatable bonds is 2. The summed E-state index contributed by atoms with van der Waals surface area (Å²) in [4.78, 5) is 4.41. The summed E-state index contributed by atoms with van der Waals surface area (Å²) in [6.07, 6.45) is 5.97. The third-order valence-corrected chi connectivity index (χ3v) is 2.85. The van der Waals surface area contributed by atoms with Gasteiger partial charge in [0.05, 0.1) is 31.0 Å². The maximum absolute atomic E-state index is 5.05. The lowest BCUT2D eigenvalue weighted by Gasteiger charge is -2.04. The number of hydrogen-bond donors (Lipinski definition) is 0. The van der Waals surface area contributed by atoms with Crippen molar-refractivity contribution in [1.82, 2.24) is 10.2 Å². The molecule has 0 unspecified atom stereocenters. The molecule has 0 bridgehead atoms. The molecular weight excluding hydrogens is 202 g/mol. The van der Waals surface area contributed by atoms with Gasteiger partial charge in [0, 0.05) is 23.3 Å². The summed E-state index contributed by atoms with van der Waals surface area (Å²) in [7, 11) is 0. The molecule has 2 aromatic rings. The fourth-order valence-electron chi connectivity index (χ4n) is 1.95. The third-order valence-electron chi connectivity index (χ3n) is 2.85. The molecule has 3 rings (SSSR count). The van der Waals surface area contributed by atoms with E-state index < -0.39 is 0 Å². The van der Waals surface area contributed by atoms with Crippen molar-refractivity contribution in [2.75, 3.05) is 0 Å². The Morgan fingerprint density at radius 1 is 1.44 bits per heavy atom. The van der Waals surface area contributed by atoms with Crippen molar-refractivity contribution in [2.24, 2.45) is 4.99 Å². The smallest absolute Gasteiger partial charge is 0.0938 e. The van der Waals surface area contributed by atoms with E-state index in [1.54, 1.807) is 18.7 Å². The summed E-state index contributed by atoms with van der Waals surface area (Å²) >= 11 is 0. The summed E-state index contributed by atoms with van der Waals surface area (Å²) < 4.78 is 5.05. The van der Waals surface area contributed by atoms with Gasteiger partial charge in [-0.3, -0.25) is 4.99 Å². The molecule has 0 atom stereocenters. The van der Waals surface area contributed by atoms with E-state index in [2.05, 4.69) is 15.2 Å². The standard InChI is InChI=1S/C12H11N3O/c1-8-10-6-14-15-12(11(10)5-13-8)4-9-2-3-16-7-9/h2-3,6-7H,4-5H2,1H3. The lowest BCUT2D eigenvalue weighted by molar-refractivity contribution is 0.564. The second kappa shape index (κ2) is 3.56. The van der Waals surface area contributed by atoms with Crippen molar-refractivity contribution in [3.8, 4) is 0 Å². The maximum Gasteiger partial charge on any atom is 0.0938 e. The Morgan fingerprint density at radius 3 is 3.19 bits per heavy atom. The molecule has 0 spiro atoms. The van der Waals surface area contributed by atoms with E-state index in [4.69, 9.17) is 4.42 Å². The molecule has 0 saturated carbocycles. The Bertz CT molecular complexity index is 543. The van der Waals surface area contributed by atoms with Crippen LogP contribution in [0, 0.1) is 0 Å². The first-order valence-electron chi connectivity index (χ1n) is 5.20. The first-order valence-corrected chi connectivity index (χ1v) is 5.20. The second-order valence-corrected chi connectivity index (χ2v) is 3.89. The van der Waals surface area contributed by atoms with Crippen molar-refractivity contribution in [1.29, 1.82) is 0 Å². The summed E-state index contributed by atoms with van der Waals surface area (Å²) in [6, 6.07) is 1.95. The van der Waals surface area contributed by atoms with Crippen LogP contribution >= 0.6 is 0 Å². The van der Waals surface area contributed by atoms with Gasteiger partial charge in [0.15, 0.2) is 0 Å². The number of nitrogens with zero attached hydrogens (tertiary/aromatic N) is 3. The van der Waals surface area contributed by atoms with Crippen LogP contribution in [-0.4, -0.2) is 15.9 Å². The molecule has 3 heterocycles. The zero-order chi connectivity index (χ0) is 11.0. The van der Waals surface area contributed by atoms with Crippen molar-refractivity contribution < 1.29 is 4.42 Å². The van der Waals surface area contributed by atoms with Crippen LogP contribution in [0.5, 0.6) is 0 Å². The number of aromatic nitrogens is 2. The van der Waals surface area contributed by atoms with Gasteiger partial charge in [0.1, 0.15) is 0 Å². The molecule has 0 saturated heterocycles. The largest absolute Gasteiger partial charge is 0.472 e. The Morgan fingerprint density at radius 2 is 2.38 bits per heavy atom. The van der Waals surface area contributed by atoms with E-state index >= 15 is 0 Å². The predicted octanol–water partition coefficient (Wildman–Crippen LogP) is 1.98. The van der Waals surface area contributed by atoms with Gasteiger partial charge < -0.3 is 4.42 Å². The second-order valence-electron chi connectivity index (χ2n) is 3.89. The van der Waals surface area contributed by atoms with Crippen LogP contribution in [0.1, 0.15) is 29.3 Å². The Labute approximate surface area is 93.0 Å². The molecule has 0 aliphatic carbocycles. The van der Waals surface area contributed by atoms with Crippen LogP contribution in [0.2, 0.25) is 0 Å². The van der Waals surface area contributed by atoms with Crippen molar-refractivity contribution in [2.45, 2.75) is 19.9 Å². The van der Waals surface area contributed by atoms with E-state index in [9.17, 15) is 0 Å². The minimum atomic E-state index is 0.726. The van der Waals surface area contributed by atoms with Gasteiger partial charge in [-0.15, -0.1) is 0 Å². The molecule has 1 aliphatic rings. The Balaban J connectivity index is 1.98. The predicted molar refractivity (Wildman–Crippen MR) is 59.5 cm³/mol. The lowest BCUT2D eigenvalue weighted by Crippen LogP contribution is -2.03. The van der Waals surface area contributed by atoms with Gasteiger partial charge in [0.2, 0.25) is 0 Å². The monoisotopic (exact) mass is 213 g/mol. The molecule has 2 aromatic heterocycles. The third kappa shape index (κ3) is 1.43. The van der Waals surface area contributed by atoms with Crippen LogP contribution in [0.15, 0.2) is 34.2 Å². The maximum atomic E-state index is 5.05. The van der Waals surface area contributed by atoms with E-state index in [0.717, 1.165) is 35.5 Å². The summed E-state index contributed by atoms with van der Waals surface area (Å²) in [6.45, 7) is 2.74. The zero-order valence-corrected chi connectivity index (χ0v) is 8.97. The van der Waals surface area contributed by atoms with Crippen molar-refractivity contribution in [3.05, 3.63) is 47.2 Å². The molecule has 0 N–H and O–H groups in total. The number of hydrogen-bond acceptors (Lipinski definition) is 4. The van der Waals surface area contributed by atoms with Gasteiger partial charge in [-0.05, 0) is 18.6 Å². The van der Waals surface area contributed by atoms with E-state index in [-0.39, 0.29) is 0 Å². The van der Waals surface area contributed by atoms with Gasteiger partial charge in [-0.25, -0.2) is 0 Å². The van der Waals surface area contributed by atoms with Gasteiger partial charge in [0.25, 0.3) is 0 Å². The van der Waals surface area contributed by atoms with Crippen LogP contribution in [0.25, 0.3) is 0 Å². The van der Waals surface area contributed by atoms with Crippen LogP contribution in [0.4, 0.5) is 0 Å². The Hall–Kier alpha value is -1.97. The molecule has 4 nitrogen and oxygen atoms in total. The molecule has 16 heavy (non-hydrogen) atoms. The molecule has 0 fully saturated rings. The van der Waals surface area contributed by atoms with E-state index in [1.165, 1.54) is 5.56 Å². The first-order chi connectivity index (χ1) is 7.84. The number of aliphatic imine (C=N–C) groups is 1. The number of furan rings is 1. The van der Waals surface area contributed by atoms with Gasteiger partial charge >= 0.3 is 0 Å².